The molecule has 200 valence electrons. The zero-order valence-electron chi connectivity index (χ0n) is 21.2. The first-order valence-electron chi connectivity index (χ1n) is 11.6. The fraction of sp³-hybridized carbons (Fsp3) is 0.143. The van der Waals surface area contributed by atoms with Gasteiger partial charge in [-0.05, 0) is 89.7 Å². The zero-order chi connectivity index (χ0) is 28.1. The predicted octanol–water partition coefficient (Wildman–Crippen LogP) is 4.30. The van der Waals surface area contributed by atoms with Crippen molar-refractivity contribution in [3.63, 3.8) is 0 Å². The molecule has 3 aromatic carbocycles. The number of aryl methyl sites for hydroxylation is 1. The van der Waals surface area contributed by atoms with Crippen LogP contribution in [-0.2, 0) is 14.4 Å². The molecule has 5 amide bonds. The summed E-state index contributed by atoms with van der Waals surface area (Å²) in [6.45, 7) is 1.69. The molecule has 1 aliphatic heterocycles. The van der Waals surface area contributed by atoms with Gasteiger partial charge in [0.15, 0.2) is 18.1 Å². The molecule has 0 atom stereocenters. The Hall–Kier alpha value is -4.39. The topological polar surface area (TPSA) is 123 Å². The highest BCUT2D eigenvalue weighted by Crippen LogP contribution is 2.35. The van der Waals surface area contributed by atoms with Gasteiger partial charge in [0.25, 0.3) is 17.7 Å². The van der Waals surface area contributed by atoms with Crippen molar-refractivity contribution in [3.8, 4) is 17.2 Å². The summed E-state index contributed by atoms with van der Waals surface area (Å²) >= 11 is 2.01. The Bertz CT molecular complexity index is 1470. The summed E-state index contributed by atoms with van der Waals surface area (Å²) in [6, 6.07) is 16.0. The van der Waals surface area contributed by atoms with Crippen LogP contribution in [-0.4, -0.2) is 44.6 Å². The van der Waals surface area contributed by atoms with Gasteiger partial charge < -0.3 is 19.5 Å². The number of rotatable bonds is 8. The maximum Gasteiger partial charge on any atom is 0.335 e. The summed E-state index contributed by atoms with van der Waals surface area (Å²) < 4.78 is 16.9. The minimum atomic E-state index is -0.855. The van der Waals surface area contributed by atoms with Crippen LogP contribution in [0.1, 0.15) is 11.1 Å². The number of hydrogen-bond acceptors (Lipinski definition) is 7. The number of methoxy groups -OCH3 is 2. The highest BCUT2D eigenvalue weighted by Gasteiger charge is 2.37. The van der Waals surface area contributed by atoms with Crippen molar-refractivity contribution in [3.05, 3.63) is 80.9 Å². The van der Waals surface area contributed by atoms with Crippen molar-refractivity contribution in [1.82, 2.24) is 5.32 Å². The Kier molecular flexibility index (Phi) is 8.49. The predicted molar refractivity (Wildman–Crippen MR) is 153 cm³/mol. The zero-order valence-corrected chi connectivity index (χ0v) is 23.4. The van der Waals surface area contributed by atoms with E-state index in [9.17, 15) is 19.2 Å². The van der Waals surface area contributed by atoms with Gasteiger partial charge in [0.2, 0.25) is 0 Å². The molecule has 1 saturated heterocycles. The van der Waals surface area contributed by atoms with E-state index in [1.165, 1.54) is 32.4 Å². The molecule has 1 fully saturated rings. The number of anilines is 2. The second-order valence-electron chi connectivity index (χ2n) is 8.39. The summed E-state index contributed by atoms with van der Waals surface area (Å²) in [4.78, 5) is 51.5. The average molecular weight is 641 g/mol. The molecule has 0 saturated carbocycles. The summed E-state index contributed by atoms with van der Waals surface area (Å²) in [5.74, 6) is -0.784. The summed E-state index contributed by atoms with van der Waals surface area (Å²) in [5.41, 5.74) is 2.21. The standard InChI is InChI=1S/C28H24IN3O7/c1-16-4-6-18(7-5-16)30-24(33)15-39-25-22(29)13-17(14-23(25)38-3)12-21-26(34)31-28(36)32(27(21)35)19-8-10-20(37-2)11-9-19/h4-14H,15H2,1-3H3,(H,30,33)(H,31,34,36)/b21-12+. The van der Waals surface area contributed by atoms with Crippen LogP contribution in [0, 0.1) is 10.5 Å². The van der Waals surface area contributed by atoms with Gasteiger partial charge in [-0.3, -0.25) is 19.7 Å². The Morgan fingerprint density at radius 3 is 2.33 bits per heavy atom. The lowest BCUT2D eigenvalue weighted by atomic mass is 10.1. The summed E-state index contributed by atoms with van der Waals surface area (Å²) in [7, 11) is 2.93. The van der Waals surface area contributed by atoms with E-state index in [1.807, 2.05) is 41.6 Å². The monoisotopic (exact) mass is 641 g/mol. The number of imide groups is 2. The normalized spacial score (nSPS) is 14.2. The highest BCUT2D eigenvalue weighted by atomic mass is 127. The Morgan fingerprint density at radius 1 is 1.00 bits per heavy atom. The number of carbonyl (C=O) groups excluding carboxylic acids is 4. The van der Waals surface area contributed by atoms with Gasteiger partial charge in [-0.15, -0.1) is 0 Å². The number of nitrogens with zero attached hydrogens (tertiary/aromatic N) is 1. The van der Waals surface area contributed by atoms with E-state index >= 15 is 0 Å². The number of nitrogens with one attached hydrogen (secondary N) is 2. The van der Waals surface area contributed by atoms with Gasteiger partial charge in [-0.25, -0.2) is 9.69 Å². The molecule has 0 aliphatic carbocycles. The van der Waals surface area contributed by atoms with Gasteiger partial charge >= 0.3 is 6.03 Å². The van der Waals surface area contributed by atoms with E-state index in [0.717, 1.165) is 10.5 Å². The third-order valence-corrected chi connectivity index (χ3v) is 6.48. The summed E-state index contributed by atoms with van der Waals surface area (Å²) in [5, 5.41) is 4.95. The molecule has 11 heteroatoms. The van der Waals surface area contributed by atoms with Gasteiger partial charge in [-0.1, -0.05) is 17.7 Å². The number of carbonyl (C=O) groups is 4. The Balaban J connectivity index is 1.54. The van der Waals surface area contributed by atoms with E-state index in [1.54, 1.807) is 36.4 Å². The lowest BCUT2D eigenvalue weighted by Gasteiger charge is -2.26. The Morgan fingerprint density at radius 2 is 1.69 bits per heavy atom. The van der Waals surface area contributed by atoms with Crippen LogP contribution in [0.15, 0.2) is 66.2 Å². The maximum absolute atomic E-state index is 13.2. The number of ether oxygens (including phenoxy) is 3. The van der Waals surface area contributed by atoms with Crippen molar-refractivity contribution < 1.29 is 33.4 Å². The fourth-order valence-electron chi connectivity index (χ4n) is 3.72. The Labute approximate surface area is 238 Å². The number of amides is 5. The fourth-order valence-corrected chi connectivity index (χ4v) is 4.51. The smallest absolute Gasteiger partial charge is 0.335 e. The molecule has 1 heterocycles. The second kappa shape index (κ2) is 12.0. The molecular weight excluding hydrogens is 617 g/mol. The van der Waals surface area contributed by atoms with Crippen LogP contribution in [0.5, 0.6) is 17.2 Å². The van der Waals surface area contributed by atoms with Crippen LogP contribution in [0.4, 0.5) is 16.2 Å². The number of barbiturate groups is 1. The first-order valence-corrected chi connectivity index (χ1v) is 12.7. The third-order valence-electron chi connectivity index (χ3n) is 5.68. The molecular formula is C28H24IN3O7. The molecule has 0 aromatic heterocycles. The van der Waals surface area contributed by atoms with E-state index in [4.69, 9.17) is 14.2 Å². The van der Waals surface area contributed by atoms with Gasteiger partial charge in [0.1, 0.15) is 11.3 Å². The SMILES string of the molecule is COc1ccc(N2C(=O)NC(=O)/C(=C\c3cc(I)c(OCC(=O)Nc4ccc(C)cc4)c(OC)c3)C2=O)cc1. The van der Waals surface area contributed by atoms with Crippen molar-refractivity contribution in [2.75, 3.05) is 31.0 Å². The molecule has 4 rings (SSSR count). The third kappa shape index (κ3) is 6.37. The van der Waals surface area contributed by atoms with Crippen LogP contribution in [0.3, 0.4) is 0 Å². The van der Waals surface area contributed by atoms with Crippen LogP contribution >= 0.6 is 22.6 Å². The quantitative estimate of drug-likeness (QED) is 0.214. The first-order chi connectivity index (χ1) is 18.7. The number of benzene rings is 3. The van der Waals surface area contributed by atoms with E-state index in [0.29, 0.717) is 32.1 Å². The molecule has 0 radical (unpaired) electrons. The van der Waals surface area contributed by atoms with Gasteiger partial charge in [-0.2, -0.15) is 0 Å². The first kappa shape index (κ1) is 27.6. The van der Waals surface area contributed by atoms with Crippen LogP contribution < -0.4 is 29.7 Å². The maximum atomic E-state index is 13.2. The molecule has 10 nitrogen and oxygen atoms in total. The van der Waals surface area contributed by atoms with Gasteiger partial charge in [0, 0.05) is 5.69 Å². The molecule has 3 aromatic rings. The average Bonchev–Trinajstić information content (AvgIpc) is 2.91. The largest absolute Gasteiger partial charge is 0.497 e. The lowest BCUT2D eigenvalue weighted by molar-refractivity contribution is -0.122. The number of halogens is 1. The van der Waals surface area contributed by atoms with E-state index in [-0.39, 0.29) is 23.8 Å². The summed E-state index contributed by atoms with van der Waals surface area (Å²) in [6.07, 6.45) is 1.36. The molecule has 1 aliphatic rings. The molecule has 2 N–H and O–H groups in total. The van der Waals surface area contributed by atoms with Crippen molar-refractivity contribution in [1.29, 1.82) is 0 Å². The molecule has 39 heavy (non-hydrogen) atoms. The van der Waals surface area contributed by atoms with E-state index in [2.05, 4.69) is 10.6 Å². The highest BCUT2D eigenvalue weighted by molar-refractivity contribution is 14.1. The number of urea groups is 1. The van der Waals surface area contributed by atoms with Crippen LogP contribution in [0.2, 0.25) is 0 Å². The van der Waals surface area contributed by atoms with E-state index < -0.39 is 17.8 Å². The van der Waals surface area contributed by atoms with Crippen molar-refractivity contribution >= 4 is 63.8 Å². The van der Waals surface area contributed by atoms with Crippen molar-refractivity contribution in [2.24, 2.45) is 0 Å². The molecule has 0 bridgehead atoms. The minimum Gasteiger partial charge on any atom is -0.497 e. The molecule has 0 unspecified atom stereocenters. The second-order valence-corrected chi connectivity index (χ2v) is 9.56. The minimum absolute atomic E-state index is 0.241. The van der Waals surface area contributed by atoms with Gasteiger partial charge in [0.05, 0.1) is 23.5 Å². The number of hydrogen-bond donors (Lipinski definition) is 2. The van der Waals surface area contributed by atoms with Crippen molar-refractivity contribution in [2.45, 2.75) is 6.92 Å². The van der Waals surface area contributed by atoms with Crippen LogP contribution in [0.25, 0.3) is 6.08 Å². The lowest BCUT2D eigenvalue weighted by Crippen LogP contribution is -2.54. The molecule has 0 spiro atoms.